The molecule has 408 valence electrons. The minimum Gasteiger partial charge on any atom is -1.00 e. The molecule has 0 heterocycles. The van der Waals surface area contributed by atoms with Gasteiger partial charge < -0.3 is 608 Å². The summed E-state index contributed by atoms with van der Waals surface area (Å²) >= 11 is 0. The van der Waals surface area contributed by atoms with E-state index in [1.165, 1.54) is 0 Å². The van der Waals surface area contributed by atoms with Crippen LogP contribution in [-0.2, 0) is 0 Å². The molecule has 0 saturated carbocycles. The van der Waals surface area contributed by atoms with Gasteiger partial charge in [-0.2, -0.15) is 0 Å². The van der Waals surface area contributed by atoms with E-state index in [1.807, 2.05) is 0 Å². The van der Waals surface area contributed by atoms with Crippen LogP contribution in [0.4, 0.5) is 0 Å². The Morgan fingerprint density at radius 1 is 0.0300 bits per heavy atom. The van der Waals surface area contributed by atoms with Crippen LogP contribution in [-0.4, -0.2) is 0 Å². The normalized spacial score (nSPS) is 0. The second kappa shape index (κ2) is 1490. The zero-order valence-electron chi connectivity index (χ0n) is 68.3. The Morgan fingerprint density at radius 3 is 0.0300 bits per heavy atom. The van der Waals surface area contributed by atoms with Crippen molar-refractivity contribution in [2.24, 2.45) is 0 Å². The molecule has 0 atom stereocenters. The largest absolute Gasteiger partial charge is 1.00 e. The minimum absolute atomic E-state index is 0. The Hall–Kier alpha value is 44.1. The predicted octanol–water partition coefficient (Wildman–Crippen LogP) is -293. The van der Waals surface area contributed by atoms with Crippen LogP contribution in [0.5, 0.6) is 0 Å². The molecule has 0 aliphatic rings. The zero-order chi connectivity index (χ0) is 0. The summed E-state index contributed by atoms with van der Waals surface area (Å²) in [6, 6.07) is 0. The molecule has 0 bridgehead atoms. The Balaban J connectivity index is 0. The molecule has 0 radical (unpaired) electrons. The fourth-order valence-electron chi connectivity index (χ4n) is 0. The summed E-state index contributed by atoms with van der Waals surface area (Å²) in [5.74, 6) is 0. The van der Waals surface area contributed by atoms with Crippen LogP contribution in [0.3, 0.4) is 0 Å². The monoisotopic (exact) mass is 2130 g/mol. The average molecular weight is 2150 g/mol. The van der Waals surface area contributed by atoms with E-state index in [4.69, 9.17) is 0 Å². The first-order valence-corrected chi connectivity index (χ1v) is 0. The Morgan fingerprint density at radius 2 is 0.0300 bits per heavy atom. The molecule has 0 N–H and O–H groups in total. The van der Waals surface area contributed by atoms with E-state index < -0.39 is 0 Å². The summed E-state index contributed by atoms with van der Waals surface area (Å²) in [6.45, 7) is 0. The molecule has 0 fully saturated rings. The zero-order valence-corrected chi connectivity index (χ0v) is 107. The van der Waals surface area contributed by atoms with E-state index in [-0.39, 0.29) is 1560 Å². The van der Waals surface area contributed by atoms with Crippen LogP contribution in [0.25, 0.3) is 0 Å². The molecular formula is H2Cl51Li49. The molecule has 0 aromatic carbocycles. The molecule has 0 spiro atoms. The van der Waals surface area contributed by atoms with Gasteiger partial charge in [0, 0.05) is 0 Å². The van der Waals surface area contributed by atoms with Crippen LogP contribution in [0.2, 0.25) is 0 Å². The molecule has 0 nitrogen and oxygen atoms in total. The second-order valence-electron chi connectivity index (χ2n) is 0. The number of hydrogen-bond acceptors (Lipinski definition) is 0. The van der Waals surface area contributed by atoms with E-state index >= 15 is 0 Å². The maximum Gasteiger partial charge on any atom is 1.00 e. The number of hydrogen-bond donors (Lipinski definition) is 0. The summed E-state index contributed by atoms with van der Waals surface area (Å²) < 4.78 is 0. The summed E-state index contributed by atoms with van der Waals surface area (Å²) in [5, 5.41) is 0. The van der Waals surface area contributed by atoms with E-state index in [9.17, 15) is 0 Å². The van der Waals surface area contributed by atoms with Crippen molar-refractivity contribution in [2.45, 2.75) is 0 Å². The molecule has 0 rings (SSSR count). The summed E-state index contributed by atoms with van der Waals surface area (Å²) in [5.41, 5.74) is 0. The van der Waals surface area contributed by atoms with Gasteiger partial charge in [-0.25, -0.2) is 0 Å². The van der Waals surface area contributed by atoms with Crippen molar-refractivity contribution in [3.63, 3.8) is 0 Å². The van der Waals surface area contributed by atoms with Crippen molar-refractivity contribution in [1.82, 2.24) is 0 Å². The van der Waals surface area contributed by atoms with E-state index in [0.717, 1.165) is 0 Å². The van der Waals surface area contributed by atoms with E-state index in [1.54, 1.807) is 0 Å². The second-order valence-corrected chi connectivity index (χ2v) is 0. The van der Waals surface area contributed by atoms with Gasteiger partial charge in [-0.3, -0.25) is 0 Å². The third-order valence-electron chi connectivity index (χ3n) is 0. The summed E-state index contributed by atoms with van der Waals surface area (Å²) in [7, 11) is 0. The number of rotatable bonds is 0. The van der Waals surface area contributed by atoms with Crippen molar-refractivity contribution in [2.75, 3.05) is 0 Å². The van der Waals surface area contributed by atoms with Crippen LogP contribution < -0.4 is 1530 Å². The molecule has 0 aromatic rings. The summed E-state index contributed by atoms with van der Waals surface area (Å²) in [4.78, 5) is 0. The third-order valence-corrected chi connectivity index (χ3v) is 0. The van der Waals surface area contributed by atoms with Gasteiger partial charge >= 0.3 is 924 Å². The molecule has 100 heavy (non-hydrogen) atoms. The molecule has 0 aromatic heterocycles. The first-order chi connectivity index (χ1) is 0. The Labute approximate surface area is 1520 Å². The van der Waals surface area contributed by atoms with Gasteiger partial charge in [-0.05, 0) is 0 Å². The van der Waals surface area contributed by atoms with E-state index in [0.29, 0.717) is 0 Å². The van der Waals surface area contributed by atoms with Crippen molar-refractivity contribution >= 4 is 24.8 Å². The summed E-state index contributed by atoms with van der Waals surface area (Å²) in [6.07, 6.45) is 0. The van der Waals surface area contributed by atoms with Crippen LogP contribution in [0.15, 0.2) is 0 Å². The van der Waals surface area contributed by atoms with Gasteiger partial charge in [0.05, 0.1) is 0 Å². The fraction of sp³-hybridized carbons (Fsp3) is 0. The van der Waals surface area contributed by atoms with Gasteiger partial charge in [-0.15, -0.1) is 24.8 Å². The maximum absolute atomic E-state index is 0. The topological polar surface area (TPSA) is 0 Å². The minimum atomic E-state index is 0. The average Bonchev–Trinajstić information content (AvgIpc) is 0. The Kier molecular flexibility index (Phi) is 22600. The first kappa shape index (κ1) is 1520. The molecule has 0 amide bonds. The molecule has 100 heteroatoms. The SMILES string of the molecule is Cl.Cl.[Cl-].[Cl-].[Cl-].[Cl-].[Cl-].[Cl-].[Cl-].[Cl-].[Cl-].[Cl-].[Cl-].[Cl-].[Cl-].[Cl-].[Cl-].[Cl-].[Cl-].[Cl-].[Cl-].[Cl-].[Cl-].[Cl-].[Cl-].[Cl-].[Cl-].[Cl-].[Cl-].[Cl-].[Cl-].[Cl-].[Cl-].[Cl-].[Cl-].[Cl-].[Cl-].[Cl-].[Cl-].[Cl-].[Cl-].[Cl-].[Cl-].[Cl-].[Cl-].[Cl-].[Cl-].[Cl-].[Cl-].[Cl-].[Cl-].[Li+].[Li+].[Li+].[Li+].[Li+].[Li+].[Li+].[Li+].[Li+].[Li+].[Li+].[Li+].[Li+].[Li+].[Li+].[Li+].[Li+].[Li+].[Li+].[Li+].[Li+].[Li+].[Li+].[Li+].[Li+].[Li+].[Li+].[Li+].[Li+].[Li+].[Li+].[Li+].[Li+].[Li+].[Li+].[Li+].[Li+].[Li+].[Li+].[Li+].[Li+].[Li+].[Li+].[Li+].[Li+].[Li+].[Li+].[Li+].[Li+]. The van der Waals surface area contributed by atoms with Crippen molar-refractivity contribution in [3.8, 4) is 0 Å². The third kappa shape index (κ3) is 1460. The van der Waals surface area contributed by atoms with Gasteiger partial charge in [0.2, 0.25) is 0 Å². The fourth-order valence-corrected chi connectivity index (χ4v) is 0. The van der Waals surface area contributed by atoms with E-state index in [2.05, 4.69) is 0 Å². The van der Waals surface area contributed by atoms with Gasteiger partial charge in [0.25, 0.3) is 0 Å². The molecule has 0 saturated heterocycles. The molecule has 0 unspecified atom stereocenters. The Bertz CT molecular complexity index is 100.0. The maximum atomic E-state index is 0. The molecular weight excluding hydrogens is 2150 g/mol. The van der Waals surface area contributed by atoms with Crippen LogP contribution >= 0.6 is 24.8 Å². The van der Waals surface area contributed by atoms with Crippen LogP contribution in [0, 0.1) is 0 Å². The van der Waals surface area contributed by atoms with Crippen molar-refractivity contribution in [1.29, 1.82) is 0 Å². The van der Waals surface area contributed by atoms with Gasteiger partial charge in [0.1, 0.15) is 0 Å². The quantitative estimate of drug-likeness (QED) is 0.212. The predicted molar refractivity (Wildman–Crippen MR) is 14.5 cm³/mol. The van der Waals surface area contributed by atoms with Crippen molar-refractivity contribution < 1.29 is 1530 Å². The first-order valence-electron chi connectivity index (χ1n) is 0. The number of halogens is 51. The van der Waals surface area contributed by atoms with Crippen molar-refractivity contribution in [3.05, 3.63) is 0 Å². The van der Waals surface area contributed by atoms with Gasteiger partial charge in [-0.1, -0.05) is 0 Å². The smallest absolute Gasteiger partial charge is 1.00 e. The van der Waals surface area contributed by atoms with Crippen LogP contribution in [0.1, 0.15) is 0 Å². The van der Waals surface area contributed by atoms with Gasteiger partial charge in [0.15, 0.2) is 0 Å². The molecule has 0 aliphatic carbocycles. The standard InChI is InChI=1S/51ClH.49Li/h51*1H;;;;;;;;;;;;;;;;;;;;;;;;;;;;;;;;;;;;;;;;;;;;;;;;;/q;;;;;;;;;;;;;;;;;;;;;;;;;;;;;;;;;;;;;;;;;;;;;;;;;;;49*+1/p-49. The molecule has 0 aliphatic heterocycles.